The van der Waals surface area contributed by atoms with E-state index >= 15 is 0 Å². The third-order valence-corrected chi connectivity index (χ3v) is 3.44. The highest BCUT2D eigenvalue weighted by Crippen LogP contribution is 2.27. The van der Waals surface area contributed by atoms with Crippen LogP contribution in [0.1, 0.15) is 5.69 Å². The van der Waals surface area contributed by atoms with Crippen molar-refractivity contribution in [2.75, 3.05) is 0 Å². The second-order valence-electron chi connectivity index (χ2n) is 4.22. The maximum absolute atomic E-state index is 5.81. The predicted molar refractivity (Wildman–Crippen MR) is 79.0 cm³/mol. The van der Waals surface area contributed by atoms with E-state index < -0.39 is 0 Å². The van der Waals surface area contributed by atoms with E-state index in [1.54, 1.807) is 12.5 Å². The molecule has 106 valence electrons. The summed E-state index contributed by atoms with van der Waals surface area (Å²) >= 11 is 11.5. The molecule has 0 fully saturated rings. The zero-order chi connectivity index (χ0) is 14.8. The number of nitrogens with one attached hydrogen (secondary N) is 1. The number of aryl methyl sites for hydroxylation is 1. The third-order valence-electron chi connectivity index (χ3n) is 2.88. The van der Waals surface area contributed by atoms with Crippen molar-refractivity contribution in [1.29, 1.82) is 0 Å². The highest BCUT2D eigenvalue weighted by molar-refractivity contribution is 6.33. The number of aliphatic imine (C=N–C) groups is 1. The van der Waals surface area contributed by atoms with Crippen LogP contribution in [0.25, 0.3) is 11.2 Å². The number of aromatic nitrogens is 6. The molecule has 7 nitrogen and oxygen atoms in total. The molecule has 0 radical (unpaired) electrons. The zero-order valence-corrected chi connectivity index (χ0v) is 12.5. The van der Waals surface area contributed by atoms with E-state index in [2.05, 4.69) is 29.9 Å². The van der Waals surface area contributed by atoms with Crippen LogP contribution in [0.2, 0.25) is 10.3 Å². The van der Waals surface area contributed by atoms with Crippen molar-refractivity contribution in [3.05, 3.63) is 35.0 Å². The average Bonchev–Trinajstić information content (AvgIpc) is 3.08. The van der Waals surface area contributed by atoms with E-state index in [0.717, 1.165) is 29.0 Å². The summed E-state index contributed by atoms with van der Waals surface area (Å²) in [5, 5.41) is 0.914. The zero-order valence-electron chi connectivity index (χ0n) is 11.0. The molecule has 4 rings (SSSR count). The summed E-state index contributed by atoms with van der Waals surface area (Å²) in [5.74, 6) is 0. The van der Waals surface area contributed by atoms with Gasteiger partial charge in [-0.1, -0.05) is 23.2 Å². The summed E-state index contributed by atoms with van der Waals surface area (Å²) < 4.78 is 1.84. The van der Waals surface area contributed by atoms with Gasteiger partial charge in [0.25, 0.3) is 5.65 Å². The standard InChI is InChI=1S/C6H5ClN4.C6H4ClN3/c1-11-3-10-6-4(11)5(7)8-2-9-6;7-6-5-4(1-2-8-5)9-3-10-6/h2-3H,1H3;2-3H,1H2/p+1. The van der Waals surface area contributed by atoms with Crippen LogP contribution in [0.4, 0.5) is 5.69 Å². The predicted octanol–water partition coefficient (Wildman–Crippen LogP) is 1.82. The van der Waals surface area contributed by atoms with Crippen molar-refractivity contribution < 1.29 is 4.57 Å². The van der Waals surface area contributed by atoms with E-state index in [4.69, 9.17) is 23.2 Å². The fraction of sp³-hybridized carbons (Fsp3) is 0.167. The molecular formula is C12H10Cl2N7+. The van der Waals surface area contributed by atoms with Gasteiger partial charge in [-0.25, -0.2) is 24.5 Å². The lowest BCUT2D eigenvalue weighted by molar-refractivity contribution is -0.644. The maximum Gasteiger partial charge on any atom is 0.271 e. The maximum atomic E-state index is 5.81. The molecule has 9 heteroatoms. The van der Waals surface area contributed by atoms with Gasteiger partial charge in [0.15, 0.2) is 10.3 Å². The Bertz CT molecular complexity index is 828. The van der Waals surface area contributed by atoms with Crippen molar-refractivity contribution in [2.45, 2.75) is 6.42 Å². The molecule has 1 aliphatic heterocycles. The normalized spacial score (nSPS) is 12.1. The molecule has 21 heavy (non-hydrogen) atoms. The van der Waals surface area contributed by atoms with Crippen LogP contribution >= 0.6 is 23.2 Å². The van der Waals surface area contributed by atoms with Gasteiger partial charge in [0, 0.05) is 12.6 Å². The first-order valence-corrected chi connectivity index (χ1v) is 6.77. The lowest BCUT2D eigenvalue weighted by atomic mass is 10.3. The van der Waals surface area contributed by atoms with Gasteiger partial charge in [0.1, 0.15) is 18.3 Å². The SMILES string of the molecule is C[n+]1c[nH]c2ncnc(Cl)c21.Clc1ncnc2c1N=CC2. The first-order chi connectivity index (χ1) is 10.2. The summed E-state index contributed by atoms with van der Waals surface area (Å²) in [7, 11) is 1.88. The van der Waals surface area contributed by atoms with E-state index in [1.165, 1.54) is 12.7 Å². The van der Waals surface area contributed by atoms with E-state index in [-0.39, 0.29) is 0 Å². The molecule has 1 aliphatic rings. The van der Waals surface area contributed by atoms with Gasteiger partial charge in [-0.05, 0) is 0 Å². The van der Waals surface area contributed by atoms with E-state index in [9.17, 15) is 0 Å². The Morgan fingerprint density at radius 3 is 2.62 bits per heavy atom. The molecule has 0 aliphatic carbocycles. The van der Waals surface area contributed by atoms with Crippen molar-refractivity contribution in [2.24, 2.45) is 12.0 Å². The summed E-state index contributed by atoms with van der Waals surface area (Å²) in [4.78, 5) is 22.6. The number of aromatic amines is 1. The fourth-order valence-corrected chi connectivity index (χ4v) is 2.36. The minimum atomic E-state index is 0.443. The highest BCUT2D eigenvalue weighted by atomic mass is 35.5. The summed E-state index contributed by atoms with van der Waals surface area (Å²) in [6.07, 6.45) is 7.23. The third kappa shape index (κ3) is 2.70. The Balaban J connectivity index is 0.000000126. The summed E-state index contributed by atoms with van der Waals surface area (Å²) in [6, 6.07) is 0. The van der Waals surface area contributed by atoms with Crippen molar-refractivity contribution in [1.82, 2.24) is 24.9 Å². The summed E-state index contributed by atoms with van der Waals surface area (Å²) in [6.45, 7) is 0. The lowest BCUT2D eigenvalue weighted by Crippen LogP contribution is -2.25. The molecule has 0 spiro atoms. The number of H-pyrrole nitrogens is 1. The number of hydrogen-bond donors (Lipinski definition) is 1. The van der Waals surface area contributed by atoms with Crippen LogP contribution in [-0.4, -0.2) is 31.1 Å². The smallest absolute Gasteiger partial charge is 0.256 e. The van der Waals surface area contributed by atoms with Gasteiger partial charge in [-0.3, -0.25) is 4.99 Å². The molecule has 1 N–H and O–H groups in total. The van der Waals surface area contributed by atoms with Gasteiger partial charge in [0.2, 0.25) is 11.8 Å². The number of hydrogen-bond acceptors (Lipinski definition) is 5. The van der Waals surface area contributed by atoms with Gasteiger partial charge in [-0.15, -0.1) is 0 Å². The Morgan fingerprint density at radius 1 is 1.10 bits per heavy atom. The number of halogens is 2. The van der Waals surface area contributed by atoms with Crippen LogP contribution in [-0.2, 0) is 13.5 Å². The number of rotatable bonds is 0. The van der Waals surface area contributed by atoms with Gasteiger partial charge in [0.05, 0.1) is 12.7 Å². The van der Waals surface area contributed by atoms with E-state index in [0.29, 0.717) is 10.3 Å². The Morgan fingerprint density at radius 2 is 1.86 bits per heavy atom. The lowest BCUT2D eigenvalue weighted by Gasteiger charge is -1.94. The topological polar surface area (TPSA) is 83.6 Å². The van der Waals surface area contributed by atoms with Gasteiger partial charge in [-0.2, -0.15) is 4.98 Å². The van der Waals surface area contributed by atoms with Crippen molar-refractivity contribution >= 4 is 46.3 Å². The molecule has 4 heterocycles. The van der Waals surface area contributed by atoms with Crippen LogP contribution in [0.5, 0.6) is 0 Å². The van der Waals surface area contributed by atoms with Crippen LogP contribution in [0.3, 0.4) is 0 Å². The monoisotopic (exact) mass is 322 g/mol. The van der Waals surface area contributed by atoms with Crippen LogP contribution < -0.4 is 4.57 Å². The number of fused-ring (bicyclic) bond motifs is 2. The average molecular weight is 323 g/mol. The molecule has 0 saturated carbocycles. The van der Waals surface area contributed by atoms with Crippen molar-refractivity contribution in [3.8, 4) is 0 Å². The number of imidazole rings is 1. The molecular weight excluding hydrogens is 313 g/mol. The Kier molecular flexibility index (Phi) is 3.76. The van der Waals surface area contributed by atoms with Crippen LogP contribution in [0, 0.1) is 0 Å². The quantitative estimate of drug-likeness (QED) is 0.505. The number of nitrogens with zero attached hydrogens (tertiary/aromatic N) is 6. The molecule has 0 saturated heterocycles. The minimum Gasteiger partial charge on any atom is -0.256 e. The highest BCUT2D eigenvalue weighted by Gasteiger charge is 2.12. The fourth-order valence-electron chi connectivity index (χ4n) is 1.89. The summed E-state index contributed by atoms with van der Waals surface area (Å²) in [5.41, 5.74) is 3.23. The van der Waals surface area contributed by atoms with Gasteiger partial charge >= 0.3 is 0 Å². The van der Waals surface area contributed by atoms with Crippen molar-refractivity contribution in [3.63, 3.8) is 0 Å². The molecule has 0 aromatic carbocycles. The van der Waals surface area contributed by atoms with Crippen LogP contribution in [0.15, 0.2) is 24.0 Å². The second-order valence-corrected chi connectivity index (χ2v) is 4.94. The van der Waals surface area contributed by atoms with Gasteiger partial charge < -0.3 is 0 Å². The van der Waals surface area contributed by atoms with E-state index in [1.807, 2.05) is 11.6 Å². The minimum absolute atomic E-state index is 0.443. The first kappa shape index (κ1) is 13.8. The molecule has 0 unspecified atom stereocenters. The molecule has 0 bridgehead atoms. The largest absolute Gasteiger partial charge is 0.271 e. The molecule has 0 atom stereocenters. The Hall–Kier alpha value is -2.12. The molecule has 3 aromatic heterocycles. The Labute approximate surface area is 129 Å². The second kappa shape index (κ2) is 5.71. The first-order valence-electron chi connectivity index (χ1n) is 6.02. The molecule has 0 amide bonds. The molecule has 3 aromatic rings.